The molecule has 22 heavy (non-hydrogen) atoms. The van der Waals surface area contributed by atoms with E-state index in [0.717, 1.165) is 51.7 Å². The number of carbonyl (C=O) groups is 2. The molecule has 1 saturated carbocycles. The van der Waals surface area contributed by atoms with Gasteiger partial charge in [-0.05, 0) is 32.1 Å². The van der Waals surface area contributed by atoms with Crippen LogP contribution >= 0.6 is 0 Å². The molecule has 1 heterocycles. The van der Waals surface area contributed by atoms with Crippen LogP contribution in [0.3, 0.4) is 0 Å². The number of likely N-dealkylation sites (tertiary alicyclic amines) is 1. The number of unbranched alkanes of at least 4 members (excludes halogenated alkanes) is 2. The number of carbonyl (C=O) groups excluding carboxylic acids is 2. The van der Waals surface area contributed by atoms with Gasteiger partial charge in [0.25, 0.3) is 0 Å². The summed E-state index contributed by atoms with van der Waals surface area (Å²) < 4.78 is 0. The zero-order valence-corrected chi connectivity index (χ0v) is 14.1. The van der Waals surface area contributed by atoms with Crippen LogP contribution in [-0.4, -0.2) is 36.3 Å². The van der Waals surface area contributed by atoms with Gasteiger partial charge in [0.15, 0.2) is 0 Å². The summed E-state index contributed by atoms with van der Waals surface area (Å²) in [6, 6.07) is 0. The van der Waals surface area contributed by atoms with Crippen LogP contribution in [0.15, 0.2) is 0 Å². The Morgan fingerprint density at radius 2 is 1.64 bits per heavy atom. The van der Waals surface area contributed by atoms with E-state index in [9.17, 15) is 9.59 Å². The zero-order valence-electron chi connectivity index (χ0n) is 14.1. The molecule has 1 saturated heterocycles. The molecule has 0 atom stereocenters. The molecule has 0 spiro atoms. The normalized spacial score (nSPS) is 20.9. The Hall–Kier alpha value is -1.06. The van der Waals surface area contributed by atoms with E-state index < -0.39 is 0 Å². The minimum atomic E-state index is 0.108. The van der Waals surface area contributed by atoms with Gasteiger partial charge in [-0.3, -0.25) is 9.59 Å². The fraction of sp³-hybridized carbons (Fsp3) is 0.889. The van der Waals surface area contributed by atoms with Gasteiger partial charge in [0, 0.05) is 31.5 Å². The van der Waals surface area contributed by atoms with E-state index in [1.54, 1.807) is 0 Å². The summed E-state index contributed by atoms with van der Waals surface area (Å²) in [4.78, 5) is 26.6. The molecule has 0 radical (unpaired) electrons. The van der Waals surface area contributed by atoms with Crippen molar-refractivity contribution < 1.29 is 9.59 Å². The van der Waals surface area contributed by atoms with Crippen molar-refractivity contribution in [2.75, 3.05) is 19.6 Å². The lowest BCUT2D eigenvalue weighted by Gasteiger charge is -2.34. The average Bonchev–Trinajstić information content (AvgIpc) is 2.59. The molecular formula is C18H32N2O2. The molecule has 0 aromatic carbocycles. The Kier molecular flexibility index (Phi) is 7.20. The van der Waals surface area contributed by atoms with Gasteiger partial charge in [-0.2, -0.15) is 0 Å². The Labute approximate surface area is 135 Å². The quantitative estimate of drug-likeness (QED) is 0.767. The van der Waals surface area contributed by atoms with Crippen LogP contribution in [0.4, 0.5) is 0 Å². The van der Waals surface area contributed by atoms with Crippen LogP contribution in [-0.2, 0) is 9.59 Å². The number of nitrogens with one attached hydrogen (secondary N) is 1. The van der Waals surface area contributed by atoms with Gasteiger partial charge >= 0.3 is 0 Å². The molecule has 0 unspecified atom stereocenters. The predicted molar refractivity (Wildman–Crippen MR) is 88.4 cm³/mol. The third-order valence-electron chi connectivity index (χ3n) is 5.21. The lowest BCUT2D eigenvalue weighted by atomic mass is 9.87. The van der Waals surface area contributed by atoms with E-state index in [2.05, 4.69) is 12.2 Å². The van der Waals surface area contributed by atoms with Crippen molar-refractivity contribution in [3.05, 3.63) is 0 Å². The van der Waals surface area contributed by atoms with E-state index in [1.165, 1.54) is 32.1 Å². The van der Waals surface area contributed by atoms with Crippen molar-refractivity contribution in [3.63, 3.8) is 0 Å². The molecule has 2 fully saturated rings. The summed E-state index contributed by atoms with van der Waals surface area (Å²) in [7, 11) is 0. The molecular weight excluding hydrogens is 276 g/mol. The van der Waals surface area contributed by atoms with E-state index in [-0.39, 0.29) is 17.7 Å². The molecule has 1 aliphatic carbocycles. The third-order valence-corrected chi connectivity index (χ3v) is 5.21. The lowest BCUT2D eigenvalue weighted by Crippen LogP contribution is -2.45. The highest BCUT2D eigenvalue weighted by molar-refractivity contribution is 5.81. The summed E-state index contributed by atoms with van der Waals surface area (Å²) in [5.41, 5.74) is 0. The average molecular weight is 308 g/mol. The fourth-order valence-corrected chi connectivity index (χ4v) is 3.70. The van der Waals surface area contributed by atoms with E-state index in [0.29, 0.717) is 5.91 Å². The molecule has 2 aliphatic rings. The van der Waals surface area contributed by atoms with Crippen molar-refractivity contribution in [3.8, 4) is 0 Å². The maximum absolute atomic E-state index is 12.5. The van der Waals surface area contributed by atoms with Crippen LogP contribution in [0.2, 0.25) is 0 Å². The third kappa shape index (κ3) is 4.99. The Morgan fingerprint density at radius 1 is 0.955 bits per heavy atom. The number of rotatable bonds is 6. The number of piperidine rings is 1. The van der Waals surface area contributed by atoms with Crippen LogP contribution in [0.1, 0.15) is 71.1 Å². The zero-order chi connectivity index (χ0) is 15.8. The van der Waals surface area contributed by atoms with Crippen LogP contribution < -0.4 is 5.32 Å². The monoisotopic (exact) mass is 308 g/mol. The first-order valence-electron chi connectivity index (χ1n) is 9.29. The SMILES string of the molecule is CCCCCNC(=O)C1CCN(C(=O)C2CCCCC2)CC1. The number of hydrogen-bond acceptors (Lipinski definition) is 2. The molecule has 0 bridgehead atoms. The van der Waals surface area contributed by atoms with Crippen LogP contribution in [0, 0.1) is 11.8 Å². The Bertz CT molecular complexity index is 356. The van der Waals surface area contributed by atoms with Gasteiger partial charge in [0.05, 0.1) is 0 Å². The predicted octanol–water partition coefficient (Wildman–Crippen LogP) is 3.11. The summed E-state index contributed by atoms with van der Waals surface area (Å²) in [5.74, 6) is 0.910. The van der Waals surface area contributed by atoms with Crippen molar-refractivity contribution in [2.45, 2.75) is 71.1 Å². The van der Waals surface area contributed by atoms with Crippen LogP contribution in [0.5, 0.6) is 0 Å². The maximum Gasteiger partial charge on any atom is 0.225 e. The smallest absolute Gasteiger partial charge is 0.225 e. The topological polar surface area (TPSA) is 49.4 Å². The van der Waals surface area contributed by atoms with Crippen molar-refractivity contribution >= 4 is 11.8 Å². The van der Waals surface area contributed by atoms with Gasteiger partial charge in [-0.15, -0.1) is 0 Å². The summed E-state index contributed by atoms with van der Waals surface area (Å²) in [6.45, 7) is 4.50. The minimum absolute atomic E-state index is 0.108. The standard InChI is InChI=1S/C18H32N2O2/c1-2-3-7-12-19-17(21)15-10-13-20(14-11-15)18(22)16-8-5-4-6-9-16/h15-16H,2-14H2,1H3,(H,19,21). The first kappa shape index (κ1) is 17.3. The second-order valence-electron chi connectivity index (χ2n) is 6.93. The molecule has 1 N–H and O–H groups in total. The van der Waals surface area contributed by atoms with Gasteiger partial charge in [0.1, 0.15) is 0 Å². The molecule has 4 nitrogen and oxygen atoms in total. The Morgan fingerprint density at radius 3 is 2.27 bits per heavy atom. The molecule has 2 rings (SSSR count). The second-order valence-corrected chi connectivity index (χ2v) is 6.93. The number of hydrogen-bond donors (Lipinski definition) is 1. The molecule has 0 aromatic heterocycles. The maximum atomic E-state index is 12.5. The van der Waals surface area contributed by atoms with Gasteiger partial charge < -0.3 is 10.2 Å². The highest BCUT2D eigenvalue weighted by atomic mass is 16.2. The summed E-state index contributed by atoms with van der Waals surface area (Å²) >= 11 is 0. The summed E-state index contributed by atoms with van der Waals surface area (Å²) in [6.07, 6.45) is 10.9. The van der Waals surface area contributed by atoms with Crippen molar-refractivity contribution in [2.24, 2.45) is 11.8 Å². The van der Waals surface area contributed by atoms with E-state index in [4.69, 9.17) is 0 Å². The van der Waals surface area contributed by atoms with E-state index >= 15 is 0 Å². The molecule has 4 heteroatoms. The molecule has 1 aliphatic heterocycles. The first-order chi connectivity index (χ1) is 10.7. The number of amides is 2. The first-order valence-corrected chi connectivity index (χ1v) is 9.29. The van der Waals surface area contributed by atoms with Crippen molar-refractivity contribution in [1.82, 2.24) is 10.2 Å². The minimum Gasteiger partial charge on any atom is -0.356 e. The Balaban J connectivity index is 1.68. The lowest BCUT2D eigenvalue weighted by molar-refractivity contribution is -0.140. The fourth-order valence-electron chi connectivity index (χ4n) is 3.70. The second kappa shape index (κ2) is 9.16. The highest BCUT2D eigenvalue weighted by Crippen LogP contribution is 2.27. The van der Waals surface area contributed by atoms with Gasteiger partial charge in [-0.25, -0.2) is 0 Å². The summed E-state index contributed by atoms with van der Waals surface area (Å²) in [5, 5.41) is 3.05. The molecule has 0 aromatic rings. The molecule has 2 amide bonds. The largest absolute Gasteiger partial charge is 0.356 e. The van der Waals surface area contributed by atoms with Gasteiger partial charge in [0.2, 0.25) is 11.8 Å². The van der Waals surface area contributed by atoms with Crippen LogP contribution in [0.25, 0.3) is 0 Å². The highest BCUT2D eigenvalue weighted by Gasteiger charge is 2.31. The molecule has 126 valence electrons. The number of nitrogens with zero attached hydrogens (tertiary/aromatic N) is 1. The van der Waals surface area contributed by atoms with Gasteiger partial charge in [-0.1, -0.05) is 39.0 Å². The van der Waals surface area contributed by atoms with Crippen molar-refractivity contribution in [1.29, 1.82) is 0 Å². The van der Waals surface area contributed by atoms with E-state index in [1.807, 2.05) is 4.90 Å².